The number of aryl methyl sites for hydroxylation is 2. The molecular formula is C33H50N3O2+. The van der Waals surface area contributed by atoms with Crippen LogP contribution in [0.1, 0.15) is 103 Å². The van der Waals surface area contributed by atoms with Gasteiger partial charge in [0.05, 0.1) is 27.7 Å². The maximum atomic E-state index is 12.8. The van der Waals surface area contributed by atoms with Crippen LogP contribution in [0.5, 0.6) is 0 Å². The van der Waals surface area contributed by atoms with Crippen molar-refractivity contribution >= 4 is 11.8 Å². The van der Waals surface area contributed by atoms with E-state index in [0.29, 0.717) is 5.56 Å². The first kappa shape index (κ1) is 29.9. The van der Waals surface area contributed by atoms with Crippen LogP contribution in [0, 0.1) is 0 Å². The summed E-state index contributed by atoms with van der Waals surface area (Å²) in [5.41, 5.74) is 4.00. The highest BCUT2D eigenvalue weighted by molar-refractivity contribution is 5.95. The largest absolute Gasteiger partial charge is 0.349 e. The van der Waals surface area contributed by atoms with Gasteiger partial charge in [0.15, 0.2) is 0 Å². The molecule has 0 atom stereocenters. The highest BCUT2D eigenvalue weighted by Gasteiger charge is 2.24. The van der Waals surface area contributed by atoms with Gasteiger partial charge in [-0.05, 0) is 93.2 Å². The van der Waals surface area contributed by atoms with Crippen molar-refractivity contribution < 1.29 is 14.1 Å². The molecule has 0 heterocycles. The minimum atomic E-state index is -0.00397. The molecule has 1 fully saturated rings. The van der Waals surface area contributed by atoms with Gasteiger partial charge in [0, 0.05) is 23.2 Å². The number of carbonyl (C=O) groups excluding carboxylic acids is 2. The Labute approximate surface area is 231 Å². The zero-order valence-corrected chi connectivity index (χ0v) is 24.2. The lowest BCUT2D eigenvalue weighted by Crippen LogP contribution is -2.43. The number of amides is 2. The number of hydrogen-bond acceptors (Lipinski definition) is 2. The number of nitrogens with zero attached hydrogens (tertiary/aromatic N) is 1. The van der Waals surface area contributed by atoms with E-state index in [1.165, 1.54) is 56.2 Å². The second-order valence-electron chi connectivity index (χ2n) is 12.1. The number of benzene rings is 2. The number of unbranched alkanes of at least 4 members (excludes halogenated alkanes) is 5. The molecule has 38 heavy (non-hydrogen) atoms. The van der Waals surface area contributed by atoms with E-state index in [4.69, 9.17) is 0 Å². The Hall–Kier alpha value is -2.66. The van der Waals surface area contributed by atoms with Crippen molar-refractivity contribution in [1.82, 2.24) is 10.6 Å². The Morgan fingerprint density at radius 1 is 0.658 bits per heavy atom. The van der Waals surface area contributed by atoms with E-state index in [1.54, 1.807) is 0 Å². The molecule has 3 rings (SSSR count). The fourth-order valence-corrected chi connectivity index (χ4v) is 5.26. The van der Waals surface area contributed by atoms with Gasteiger partial charge in [-0.15, -0.1) is 0 Å². The summed E-state index contributed by atoms with van der Waals surface area (Å²) in [6, 6.07) is 16.3. The molecule has 208 valence electrons. The molecule has 0 aliphatic heterocycles. The molecule has 0 saturated heterocycles. The van der Waals surface area contributed by atoms with Crippen molar-refractivity contribution in [2.45, 2.75) is 96.1 Å². The third kappa shape index (κ3) is 10.6. The van der Waals surface area contributed by atoms with Crippen LogP contribution in [0.2, 0.25) is 0 Å². The normalized spacial score (nSPS) is 17.7. The van der Waals surface area contributed by atoms with Crippen LogP contribution in [0.3, 0.4) is 0 Å². The molecule has 1 aliphatic rings. The third-order valence-electron chi connectivity index (χ3n) is 7.78. The highest BCUT2D eigenvalue weighted by atomic mass is 16.2. The Morgan fingerprint density at radius 3 is 1.53 bits per heavy atom. The van der Waals surface area contributed by atoms with Gasteiger partial charge in [-0.25, -0.2) is 0 Å². The van der Waals surface area contributed by atoms with Gasteiger partial charge in [-0.1, -0.05) is 50.5 Å². The summed E-state index contributed by atoms with van der Waals surface area (Å²) < 4.78 is 1.06. The fourth-order valence-electron chi connectivity index (χ4n) is 5.26. The van der Waals surface area contributed by atoms with Crippen molar-refractivity contribution in [1.29, 1.82) is 0 Å². The van der Waals surface area contributed by atoms with Gasteiger partial charge >= 0.3 is 0 Å². The van der Waals surface area contributed by atoms with Crippen LogP contribution in [0.15, 0.2) is 48.5 Å². The van der Waals surface area contributed by atoms with E-state index < -0.39 is 0 Å². The van der Waals surface area contributed by atoms with E-state index in [1.807, 2.05) is 36.4 Å². The van der Waals surface area contributed by atoms with Gasteiger partial charge in [0.1, 0.15) is 0 Å². The van der Waals surface area contributed by atoms with E-state index >= 15 is 0 Å². The first-order valence-corrected chi connectivity index (χ1v) is 14.8. The molecule has 0 aromatic heterocycles. The van der Waals surface area contributed by atoms with Crippen molar-refractivity contribution in [2.75, 3.05) is 27.7 Å². The molecule has 0 spiro atoms. The maximum Gasteiger partial charge on any atom is 0.251 e. The molecular weight excluding hydrogens is 470 g/mol. The fraction of sp³-hybridized carbons (Fsp3) is 0.576. The lowest BCUT2D eigenvalue weighted by atomic mass is 9.90. The van der Waals surface area contributed by atoms with Gasteiger partial charge in [0.2, 0.25) is 0 Å². The lowest BCUT2D eigenvalue weighted by molar-refractivity contribution is -0.870. The molecule has 0 bridgehead atoms. The average Bonchev–Trinajstić information content (AvgIpc) is 2.91. The average molecular weight is 521 g/mol. The molecule has 1 saturated carbocycles. The molecule has 5 nitrogen and oxygen atoms in total. The zero-order valence-electron chi connectivity index (χ0n) is 24.2. The predicted octanol–water partition coefficient (Wildman–Crippen LogP) is 6.31. The van der Waals surface area contributed by atoms with Gasteiger partial charge < -0.3 is 15.1 Å². The van der Waals surface area contributed by atoms with Crippen molar-refractivity contribution in [3.05, 3.63) is 70.8 Å². The second-order valence-corrected chi connectivity index (χ2v) is 12.1. The van der Waals surface area contributed by atoms with E-state index in [9.17, 15) is 9.59 Å². The van der Waals surface area contributed by atoms with Crippen LogP contribution in [0.25, 0.3) is 0 Å². The van der Waals surface area contributed by atoms with Gasteiger partial charge in [0.25, 0.3) is 11.8 Å². The van der Waals surface area contributed by atoms with Gasteiger partial charge in [-0.3, -0.25) is 9.59 Å². The topological polar surface area (TPSA) is 58.2 Å². The van der Waals surface area contributed by atoms with Crippen LogP contribution in [0.4, 0.5) is 0 Å². The van der Waals surface area contributed by atoms with E-state index in [0.717, 1.165) is 48.6 Å². The van der Waals surface area contributed by atoms with Crippen LogP contribution in [-0.4, -0.2) is 56.1 Å². The molecule has 0 radical (unpaired) electrons. The SMILES string of the molecule is CCc1ccc(C(=O)N[C@H]2CC[C@H](NC(=O)c3ccc(CCCCCCCC[N+](C)(C)C)cc3)CC2)cc1. The van der Waals surface area contributed by atoms with Crippen molar-refractivity contribution in [2.24, 2.45) is 0 Å². The van der Waals surface area contributed by atoms with E-state index in [2.05, 4.69) is 50.8 Å². The Bertz CT molecular complexity index is 984. The van der Waals surface area contributed by atoms with Crippen LogP contribution >= 0.6 is 0 Å². The monoisotopic (exact) mass is 520 g/mol. The lowest BCUT2D eigenvalue weighted by Gasteiger charge is -2.29. The van der Waals surface area contributed by atoms with Crippen LogP contribution in [-0.2, 0) is 12.8 Å². The summed E-state index contributed by atoms with van der Waals surface area (Å²) in [6.07, 6.45) is 13.4. The molecule has 2 aromatic rings. The number of hydrogen-bond donors (Lipinski definition) is 2. The standard InChI is InChI=1S/C33H49N3O2/c1-5-26-13-17-28(18-14-26)32(37)34-30-21-23-31(24-22-30)35-33(38)29-19-15-27(16-20-29)12-10-8-6-7-9-11-25-36(2,3)4/h13-20,30-31H,5-12,21-25H2,1-4H3,(H-,34,35,37,38)/p+1/t30-,31-. The quantitative estimate of drug-likeness (QED) is 0.227. The summed E-state index contributed by atoms with van der Waals surface area (Å²) in [4.78, 5) is 25.4. The molecule has 2 N–H and O–H groups in total. The summed E-state index contributed by atoms with van der Waals surface area (Å²) in [7, 11) is 6.78. The number of nitrogens with one attached hydrogen (secondary N) is 2. The Kier molecular flexibility index (Phi) is 11.8. The zero-order chi connectivity index (χ0) is 27.4. The first-order chi connectivity index (χ1) is 18.2. The first-order valence-electron chi connectivity index (χ1n) is 14.8. The highest BCUT2D eigenvalue weighted by Crippen LogP contribution is 2.20. The minimum absolute atomic E-state index is 0.00397. The Balaban J connectivity index is 1.30. The van der Waals surface area contributed by atoms with Crippen molar-refractivity contribution in [3.63, 3.8) is 0 Å². The summed E-state index contributed by atoms with van der Waals surface area (Å²) in [5.74, 6) is 0.00430. The van der Waals surface area contributed by atoms with E-state index in [-0.39, 0.29) is 23.9 Å². The third-order valence-corrected chi connectivity index (χ3v) is 7.78. The van der Waals surface area contributed by atoms with Crippen LogP contribution < -0.4 is 10.6 Å². The minimum Gasteiger partial charge on any atom is -0.349 e. The predicted molar refractivity (Wildman–Crippen MR) is 158 cm³/mol. The van der Waals surface area contributed by atoms with Gasteiger partial charge in [-0.2, -0.15) is 0 Å². The number of quaternary nitrogens is 1. The molecule has 2 amide bonds. The Morgan fingerprint density at radius 2 is 1.08 bits per heavy atom. The number of carbonyl (C=O) groups is 2. The maximum absolute atomic E-state index is 12.8. The number of rotatable bonds is 14. The summed E-state index contributed by atoms with van der Waals surface area (Å²) >= 11 is 0. The molecule has 0 unspecified atom stereocenters. The molecule has 5 heteroatoms. The second kappa shape index (κ2) is 15.1. The molecule has 2 aromatic carbocycles. The van der Waals surface area contributed by atoms with Crippen molar-refractivity contribution in [3.8, 4) is 0 Å². The smallest absolute Gasteiger partial charge is 0.251 e. The molecule has 1 aliphatic carbocycles. The summed E-state index contributed by atoms with van der Waals surface area (Å²) in [6.45, 7) is 3.37. The summed E-state index contributed by atoms with van der Waals surface area (Å²) in [5, 5.41) is 6.38.